The van der Waals surface area contributed by atoms with Crippen LogP contribution in [0.4, 0.5) is 4.79 Å². The molecule has 0 aliphatic rings. The van der Waals surface area contributed by atoms with Crippen LogP contribution in [0.2, 0.25) is 0 Å². The summed E-state index contributed by atoms with van der Waals surface area (Å²) in [7, 11) is 0. The van der Waals surface area contributed by atoms with Crippen LogP contribution in [0.1, 0.15) is 26.7 Å². The number of urea groups is 1. The molecule has 0 rings (SSSR count). The molecule has 0 saturated carbocycles. The van der Waals surface area contributed by atoms with Crippen molar-refractivity contribution in [3.63, 3.8) is 0 Å². The summed E-state index contributed by atoms with van der Waals surface area (Å²) in [5, 5.41) is 13.6. The number of carboxylic acids is 1. The molecule has 3 amide bonds. The number of ether oxygens (including phenoxy) is 1. The van der Waals surface area contributed by atoms with Gasteiger partial charge in [0, 0.05) is 19.6 Å². The van der Waals surface area contributed by atoms with Gasteiger partial charge in [0.15, 0.2) is 0 Å². The molecule has 20 heavy (non-hydrogen) atoms. The van der Waals surface area contributed by atoms with Crippen LogP contribution in [0.15, 0.2) is 0 Å². The lowest BCUT2D eigenvalue weighted by atomic mass is 10.1. The Morgan fingerprint density at radius 2 is 1.95 bits per heavy atom. The van der Waals surface area contributed by atoms with Gasteiger partial charge in [0.1, 0.15) is 6.04 Å². The minimum absolute atomic E-state index is 0.0397. The number of hydrogen-bond donors (Lipinski definition) is 4. The van der Waals surface area contributed by atoms with Gasteiger partial charge in [0.2, 0.25) is 5.91 Å². The fraction of sp³-hybridized carbons (Fsp3) is 0.750. The van der Waals surface area contributed by atoms with Crippen LogP contribution in [0.5, 0.6) is 0 Å². The number of aliphatic carboxylic acids is 1. The first-order chi connectivity index (χ1) is 9.32. The van der Waals surface area contributed by atoms with Gasteiger partial charge < -0.3 is 26.2 Å². The number of nitrogens with two attached hydrogens (primary N) is 1. The number of nitrogens with one attached hydrogen (secondary N) is 2. The van der Waals surface area contributed by atoms with Crippen LogP contribution in [-0.2, 0) is 14.3 Å². The van der Waals surface area contributed by atoms with Crippen molar-refractivity contribution < 1.29 is 24.2 Å². The maximum absolute atomic E-state index is 11.4. The summed E-state index contributed by atoms with van der Waals surface area (Å²) in [5.74, 6) is -1.41. The van der Waals surface area contributed by atoms with Crippen molar-refractivity contribution in [3.05, 3.63) is 0 Å². The maximum Gasteiger partial charge on any atom is 0.326 e. The Balaban J connectivity index is 3.89. The standard InChI is InChI=1S/C12H23N3O5/c1-8(2)7-20-6-5-14-12(19)15-9(11(17)18)3-4-10(13)16/h8-9H,3-7H2,1-2H3,(H2,13,16)(H,17,18)(H2,14,15,19)/t9-/m0/s1. The van der Waals surface area contributed by atoms with Crippen molar-refractivity contribution >= 4 is 17.9 Å². The molecule has 5 N–H and O–H groups in total. The van der Waals surface area contributed by atoms with Gasteiger partial charge in [-0.25, -0.2) is 9.59 Å². The first kappa shape index (κ1) is 18.2. The lowest BCUT2D eigenvalue weighted by molar-refractivity contribution is -0.139. The third-order valence-electron chi connectivity index (χ3n) is 2.27. The summed E-state index contributed by atoms with van der Waals surface area (Å²) in [6.45, 7) is 5.25. The Hall–Kier alpha value is -1.83. The van der Waals surface area contributed by atoms with Crippen molar-refractivity contribution in [3.8, 4) is 0 Å². The van der Waals surface area contributed by atoms with Crippen LogP contribution in [0, 0.1) is 5.92 Å². The number of hydrogen-bond acceptors (Lipinski definition) is 4. The lowest BCUT2D eigenvalue weighted by Gasteiger charge is -2.14. The SMILES string of the molecule is CC(C)COCCNC(=O)N[C@@H](CCC(N)=O)C(=O)O. The molecule has 0 heterocycles. The van der Waals surface area contributed by atoms with Crippen molar-refractivity contribution in [2.24, 2.45) is 11.7 Å². The monoisotopic (exact) mass is 289 g/mol. The van der Waals surface area contributed by atoms with E-state index in [4.69, 9.17) is 15.6 Å². The average Bonchev–Trinajstić information content (AvgIpc) is 2.32. The summed E-state index contributed by atoms with van der Waals surface area (Å²) in [6, 6.07) is -1.76. The third-order valence-corrected chi connectivity index (χ3v) is 2.27. The molecule has 0 saturated heterocycles. The Labute approximate surface area is 118 Å². The first-order valence-electron chi connectivity index (χ1n) is 6.46. The maximum atomic E-state index is 11.4. The zero-order valence-electron chi connectivity index (χ0n) is 11.8. The number of carbonyl (C=O) groups is 3. The Morgan fingerprint density at radius 3 is 2.45 bits per heavy atom. The smallest absolute Gasteiger partial charge is 0.326 e. The molecule has 8 nitrogen and oxygen atoms in total. The fourth-order valence-electron chi connectivity index (χ4n) is 1.31. The van der Waals surface area contributed by atoms with E-state index in [1.165, 1.54) is 0 Å². The normalized spacial score (nSPS) is 11.9. The highest BCUT2D eigenvalue weighted by Crippen LogP contribution is 1.97. The van der Waals surface area contributed by atoms with Crippen molar-refractivity contribution in [2.75, 3.05) is 19.8 Å². The Kier molecular flexibility index (Phi) is 9.10. The minimum atomic E-state index is -1.21. The predicted molar refractivity (Wildman–Crippen MR) is 72.0 cm³/mol. The minimum Gasteiger partial charge on any atom is -0.480 e. The second kappa shape index (κ2) is 10.0. The van der Waals surface area contributed by atoms with Gasteiger partial charge in [0.05, 0.1) is 6.61 Å². The van der Waals surface area contributed by atoms with Crippen LogP contribution in [-0.4, -0.2) is 48.8 Å². The van der Waals surface area contributed by atoms with Crippen LogP contribution in [0.3, 0.4) is 0 Å². The fourth-order valence-corrected chi connectivity index (χ4v) is 1.31. The number of rotatable bonds is 10. The predicted octanol–water partition coefficient (Wildman–Crippen LogP) is -0.323. The number of amides is 3. The molecule has 0 aliphatic heterocycles. The molecule has 8 heteroatoms. The van der Waals surface area contributed by atoms with Crippen molar-refractivity contribution in [2.45, 2.75) is 32.7 Å². The molecule has 0 aromatic rings. The zero-order chi connectivity index (χ0) is 15.5. The van der Waals surface area contributed by atoms with Gasteiger partial charge in [-0.3, -0.25) is 4.79 Å². The second-order valence-electron chi connectivity index (χ2n) is 4.76. The van der Waals surface area contributed by atoms with Crippen molar-refractivity contribution in [1.29, 1.82) is 0 Å². The zero-order valence-corrected chi connectivity index (χ0v) is 11.8. The van der Waals surface area contributed by atoms with E-state index in [1.54, 1.807) is 0 Å². The Bertz CT molecular complexity index is 333. The highest BCUT2D eigenvalue weighted by molar-refractivity contribution is 5.83. The lowest BCUT2D eigenvalue weighted by Crippen LogP contribution is -2.47. The van der Waals surface area contributed by atoms with Crippen molar-refractivity contribution in [1.82, 2.24) is 10.6 Å². The van der Waals surface area contributed by atoms with E-state index in [0.29, 0.717) is 19.1 Å². The quantitative estimate of drug-likeness (QED) is 0.409. The van der Waals surface area contributed by atoms with Crippen LogP contribution < -0.4 is 16.4 Å². The summed E-state index contributed by atoms with van der Waals surface area (Å²) >= 11 is 0. The topological polar surface area (TPSA) is 131 Å². The summed E-state index contributed by atoms with van der Waals surface area (Å²) in [5.41, 5.74) is 4.93. The van der Waals surface area contributed by atoms with E-state index in [2.05, 4.69) is 10.6 Å². The average molecular weight is 289 g/mol. The van der Waals surface area contributed by atoms with Crippen LogP contribution in [0.25, 0.3) is 0 Å². The molecule has 0 unspecified atom stereocenters. The number of primary amides is 1. The van der Waals surface area contributed by atoms with E-state index >= 15 is 0 Å². The van der Waals surface area contributed by atoms with Gasteiger partial charge in [-0.2, -0.15) is 0 Å². The molecule has 0 aromatic heterocycles. The molecule has 0 fully saturated rings. The molecule has 0 bridgehead atoms. The molecular weight excluding hydrogens is 266 g/mol. The summed E-state index contributed by atoms with van der Waals surface area (Å²) in [6.07, 6.45) is -0.142. The number of carboxylic acid groups (broad SMARTS) is 1. The van der Waals surface area contributed by atoms with Gasteiger partial charge in [-0.05, 0) is 12.3 Å². The highest BCUT2D eigenvalue weighted by atomic mass is 16.5. The molecule has 0 radical (unpaired) electrons. The molecule has 0 aliphatic carbocycles. The van der Waals surface area contributed by atoms with Gasteiger partial charge in [-0.15, -0.1) is 0 Å². The molecule has 116 valence electrons. The third kappa shape index (κ3) is 10.1. The van der Waals surface area contributed by atoms with E-state index in [0.717, 1.165) is 0 Å². The molecule has 1 atom stereocenters. The molecule has 0 spiro atoms. The van der Waals surface area contributed by atoms with E-state index in [-0.39, 0.29) is 19.4 Å². The van der Waals surface area contributed by atoms with Gasteiger partial charge >= 0.3 is 12.0 Å². The summed E-state index contributed by atoms with van der Waals surface area (Å²) < 4.78 is 5.26. The summed E-state index contributed by atoms with van der Waals surface area (Å²) in [4.78, 5) is 32.9. The van der Waals surface area contributed by atoms with Gasteiger partial charge in [-0.1, -0.05) is 13.8 Å². The Morgan fingerprint density at radius 1 is 1.30 bits per heavy atom. The van der Waals surface area contributed by atoms with Gasteiger partial charge in [0.25, 0.3) is 0 Å². The van der Waals surface area contributed by atoms with E-state index in [9.17, 15) is 14.4 Å². The molecular formula is C12H23N3O5. The number of carbonyl (C=O) groups excluding carboxylic acids is 2. The molecule has 0 aromatic carbocycles. The van der Waals surface area contributed by atoms with Crippen LogP contribution >= 0.6 is 0 Å². The van der Waals surface area contributed by atoms with E-state index < -0.39 is 23.9 Å². The highest BCUT2D eigenvalue weighted by Gasteiger charge is 2.20. The first-order valence-corrected chi connectivity index (χ1v) is 6.46. The largest absolute Gasteiger partial charge is 0.480 e. The van der Waals surface area contributed by atoms with E-state index in [1.807, 2.05) is 13.8 Å². The second-order valence-corrected chi connectivity index (χ2v) is 4.76.